The Kier molecular flexibility index (Phi) is 7.94. The molecule has 1 amide bonds. The number of fused-ring (bicyclic) bond motifs is 1. The normalized spacial score (nSPS) is 15.4. The van der Waals surface area contributed by atoms with Gasteiger partial charge in [-0.1, -0.05) is 13.8 Å². The van der Waals surface area contributed by atoms with Gasteiger partial charge in [-0.05, 0) is 37.5 Å². The van der Waals surface area contributed by atoms with Crippen LogP contribution in [0.1, 0.15) is 45.4 Å². The Labute approximate surface area is 190 Å². The molecule has 1 aromatic carbocycles. The van der Waals surface area contributed by atoms with E-state index < -0.39 is 19.9 Å². The van der Waals surface area contributed by atoms with Crippen molar-refractivity contribution in [1.29, 1.82) is 0 Å². The van der Waals surface area contributed by atoms with Crippen LogP contribution in [0.4, 0.5) is 0 Å². The van der Waals surface area contributed by atoms with Gasteiger partial charge in [-0.25, -0.2) is 21.8 Å². The number of aryl methyl sites for hydroxylation is 2. The summed E-state index contributed by atoms with van der Waals surface area (Å²) in [6.45, 7) is 5.52. The highest BCUT2D eigenvalue weighted by Gasteiger charge is 2.27. The first-order valence-electron chi connectivity index (χ1n) is 11.1. The number of sulfone groups is 1. The summed E-state index contributed by atoms with van der Waals surface area (Å²) in [5.74, 6) is 0.467. The third-order valence-corrected chi connectivity index (χ3v) is 9.30. The molecule has 0 spiro atoms. The van der Waals surface area contributed by atoms with Crippen molar-refractivity contribution >= 4 is 36.8 Å². The molecule has 1 aliphatic rings. The maximum Gasteiger partial charge on any atom is 0.243 e. The van der Waals surface area contributed by atoms with Crippen molar-refractivity contribution in [2.75, 3.05) is 31.1 Å². The Hall–Kier alpha value is -1.98. The molecule has 1 aromatic heterocycles. The highest BCUT2D eigenvalue weighted by molar-refractivity contribution is 7.91. The predicted octanol–water partition coefficient (Wildman–Crippen LogP) is 1.71. The molecule has 0 aliphatic carbocycles. The van der Waals surface area contributed by atoms with Crippen molar-refractivity contribution in [3.63, 3.8) is 0 Å². The first-order valence-corrected chi connectivity index (χ1v) is 14.4. The van der Waals surface area contributed by atoms with E-state index >= 15 is 0 Å². The first kappa shape index (κ1) is 24.7. The zero-order valence-electron chi connectivity index (χ0n) is 18.7. The Balaban J connectivity index is 1.75. The van der Waals surface area contributed by atoms with Crippen LogP contribution in [0.5, 0.6) is 0 Å². The van der Waals surface area contributed by atoms with Gasteiger partial charge >= 0.3 is 0 Å². The fraction of sp³-hybridized carbons (Fsp3) is 0.619. The lowest BCUT2D eigenvalue weighted by Crippen LogP contribution is -2.29. The smallest absolute Gasteiger partial charge is 0.243 e. The highest BCUT2D eigenvalue weighted by atomic mass is 32.2. The molecule has 0 radical (unpaired) electrons. The summed E-state index contributed by atoms with van der Waals surface area (Å²) in [4.78, 5) is 17.1. The second-order valence-electron chi connectivity index (χ2n) is 8.03. The van der Waals surface area contributed by atoms with Crippen molar-refractivity contribution in [2.24, 2.45) is 0 Å². The van der Waals surface area contributed by atoms with Gasteiger partial charge in [0.15, 0.2) is 9.84 Å². The van der Waals surface area contributed by atoms with Gasteiger partial charge in [0, 0.05) is 44.8 Å². The molecule has 178 valence electrons. The van der Waals surface area contributed by atoms with E-state index in [4.69, 9.17) is 0 Å². The van der Waals surface area contributed by atoms with Crippen LogP contribution in [0.2, 0.25) is 0 Å². The molecule has 1 N–H and O–H groups in total. The van der Waals surface area contributed by atoms with Crippen molar-refractivity contribution in [1.82, 2.24) is 19.2 Å². The van der Waals surface area contributed by atoms with Crippen LogP contribution in [-0.4, -0.2) is 67.7 Å². The van der Waals surface area contributed by atoms with E-state index in [0.717, 1.165) is 24.8 Å². The average Bonchev–Trinajstić information content (AvgIpc) is 3.41. The van der Waals surface area contributed by atoms with Crippen molar-refractivity contribution in [3.8, 4) is 0 Å². The number of nitrogens with zero attached hydrogens (tertiary/aromatic N) is 3. The summed E-state index contributed by atoms with van der Waals surface area (Å²) in [7, 11) is -6.65. The Morgan fingerprint density at radius 3 is 2.50 bits per heavy atom. The number of carbonyl (C=O) groups excluding carboxylic acids is 1. The van der Waals surface area contributed by atoms with Gasteiger partial charge in [0.25, 0.3) is 0 Å². The molecule has 3 rings (SSSR count). The van der Waals surface area contributed by atoms with Gasteiger partial charge in [-0.3, -0.25) is 4.79 Å². The zero-order chi connectivity index (χ0) is 23.4. The minimum atomic E-state index is -3.53. The van der Waals surface area contributed by atoms with Crippen LogP contribution in [-0.2, 0) is 37.6 Å². The highest BCUT2D eigenvalue weighted by Crippen LogP contribution is 2.25. The number of hydrogen-bond acceptors (Lipinski definition) is 6. The van der Waals surface area contributed by atoms with E-state index in [1.165, 1.54) is 4.31 Å². The van der Waals surface area contributed by atoms with Gasteiger partial charge in [0.1, 0.15) is 5.82 Å². The third kappa shape index (κ3) is 5.68. The monoisotopic (exact) mass is 484 g/mol. The van der Waals surface area contributed by atoms with Crippen molar-refractivity contribution < 1.29 is 21.6 Å². The summed E-state index contributed by atoms with van der Waals surface area (Å²) in [6, 6.07) is 5.04. The molecule has 2 heterocycles. The van der Waals surface area contributed by atoms with Gasteiger partial charge in [-0.15, -0.1) is 0 Å². The van der Waals surface area contributed by atoms with E-state index in [-0.39, 0.29) is 35.3 Å². The maximum absolute atomic E-state index is 12.9. The molecular weight excluding hydrogens is 452 g/mol. The summed E-state index contributed by atoms with van der Waals surface area (Å²) in [6.07, 6.45) is 3.19. The van der Waals surface area contributed by atoms with Gasteiger partial charge < -0.3 is 9.88 Å². The second-order valence-corrected chi connectivity index (χ2v) is 12.4. The van der Waals surface area contributed by atoms with Crippen LogP contribution in [0.15, 0.2) is 23.1 Å². The molecule has 2 aromatic rings. The van der Waals surface area contributed by atoms with E-state index in [1.807, 2.05) is 11.5 Å². The van der Waals surface area contributed by atoms with Crippen LogP contribution < -0.4 is 5.32 Å². The van der Waals surface area contributed by atoms with Crippen LogP contribution >= 0.6 is 0 Å². The molecule has 32 heavy (non-hydrogen) atoms. The van der Waals surface area contributed by atoms with E-state index in [2.05, 4.69) is 10.3 Å². The van der Waals surface area contributed by atoms with E-state index in [1.54, 1.807) is 25.1 Å². The number of nitrogens with one attached hydrogen (secondary N) is 1. The van der Waals surface area contributed by atoms with Gasteiger partial charge in [-0.2, -0.15) is 4.31 Å². The molecule has 1 aliphatic heterocycles. The Bertz CT molecular complexity index is 1170. The molecule has 0 unspecified atom stereocenters. The number of hydrogen-bond donors (Lipinski definition) is 1. The maximum atomic E-state index is 12.9. The zero-order valence-corrected chi connectivity index (χ0v) is 20.3. The fourth-order valence-corrected chi connectivity index (χ4v) is 6.10. The number of carbonyl (C=O) groups is 1. The van der Waals surface area contributed by atoms with Crippen LogP contribution in [0, 0.1) is 0 Å². The summed E-state index contributed by atoms with van der Waals surface area (Å²) < 4.78 is 52.4. The SMILES string of the molecule is CCCn1c(CCC(=O)NCCS(=O)(=O)CC)nc2cc(S(=O)(=O)N3CCCC3)ccc21. The average molecular weight is 485 g/mol. The number of sulfonamides is 1. The molecular formula is C21H32N4O5S2. The molecule has 11 heteroatoms. The van der Waals surface area contributed by atoms with Crippen LogP contribution in [0.25, 0.3) is 11.0 Å². The van der Waals surface area contributed by atoms with E-state index in [0.29, 0.717) is 37.4 Å². The predicted molar refractivity (Wildman–Crippen MR) is 124 cm³/mol. The summed E-state index contributed by atoms with van der Waals surface area (Å²) >= 11 is 0. The minimum Gasteiger partial charge on any atom is -0.355 e. The second kappa shape index (κ2) is 10.3. The number of benzene rings is 1. The molecule has 0 bridgehead atoms. The largest absolute Gasteiger partial charge is 0.355 e. The summed E-state index contributed by atoms with van der Waals surface area (Å²) in [5.41, 5.74) is 1.44. The first-order chi connectivity index (χ1) is 15.2. The van der Waals surface area contributed by atoms with Gasteiger partial charge in [0.05, 0.1) is 21.7 Å². The fourth-order valence-electron chi connectivity index (χ4n) is 3.87. The molecule has 1 saturated heterocycles. The molecule has 0 saturated carbocycles. The Morgan fingerprint density at radius 2 is 1.84 bits per heavy atom. The minimum absolute atomic E-state index is 0.0549. The third-order valence-electron chi connectivity index (χ3n) is 5.70. The number of rotatable bonds is 11. The molecule has 9 nitrogen and oxygen atoms in total. The van der Waals surface area contributed by atoms with Crippen LogP contribution in [0.3, 0.4) is 0 Å². The van der Waals surface area contributed by atoms with E-state index in [9.17, 15) is 21.6 Å². The molecule has 1 fully saturated rings. The lowest BCUT2D eigenvalue weighted by molar-refractivity contribution is -0.120. The quantitative estimate of drug-likeness (QED) is 0.519. The standard InChI is InChI=1S/C21H32N4O5S2/c1-3-12-25-19-8-7-17(32(29,30)24-13-5-6-14-24)16-18(19)23-20(25)9-10-21(26)22-11-15-31(27,28)4-2/h7-8,16H,3-6,9-15H2,1-2H3,(H,22,26). The van der Waals surface area contributed by atoms with Crippen molar-refractivity contribution in [2.45, 2.75) is 57.4 Å². The summed E-state index contributed by atoms with van der Waals surface area (Å²) in [5, 5.41) is 2.65. The number of imidazole rings is 1. The number of aromatic nitrogens is 2. The topological polar surface area (TPSA) is 118 Å². The lowest BCUT2D eigenvalue weighted by Gasteiger charge is -2.15. The molecule has 0 atom stereocenters. The number of amides is 1. The van der Waals surface area contributed by atoms with Gasteiger partial charge in [0.2, 0.25) is 15.9 Å². The Morgan fingerprint density at radius 1 is 1.12 bits per heavy atom. The lowest BCUT2D eigenvalue weighted by atomic mass is 10.2. The van der Waals surface area contributed by atoms with Crippen molar-refractivity contribution in [3.05, 3.63) is 24.0 Å².